The van der Waals surface area contributed by atoms with Gasteiger partial charge in [-0.2, -0.15) is 0 Å². The lowest BCUT2D eigenvalue weighted by atomic mass is 10.1. The number of nitrogens with zero attached hydrogens (tertiary/aromatic N) is 1. The van der Waals surface area contributed by atoms with Gasteiger partial charge in [0.15, 0.2) is 5.13 Å². The first-order valence-electron chi connectivity index (χ1n) is 7.89. The Morgan fingerprint density at radius 3 is 2.81 bits per heavy atom. The molecule has 0 aliphatic heterocycles. The molecule has 0 aliphatic rings. The van der Waals surface area contributed by atoms with Gasteiger partial charge >= 0.3 is 0 Å². The van der Waals surface area contributed by atoms with E-state index in [1.54, 1.807) is 30.7 Å². The van der Waals surface area contributed by atoms with E-state index in [2.05, 4.69) is 10.3 Å². The van der Waals surface area contributed by atoms with Crippen molar-refractivity contribution in [2.45, 2.75) is 12.2 Å². The molecule has 0 saturated heterocycles. The van der Waals surface area contributed by atoms with E-state index in [0.717, 1.165) is 21.0 Å². The van der Waals surface area contributed by atoms with E-state index in [4.69, 9.17) is 11.6 Å². The Bertz CT molecular complexity index is 956. The van der Waals surface area contributed by atoms with Gasteiger partial charge in [0.1, 0.15) is 0 Å². The molecule has 3 rings (SSSR count). The number of benzene rings is 2. The number of carbonyl (C=O) groups is 1. The Kier molecular flexibility index (Phi) is 6.19. The number of amides is 1. The minimum Gasteiger partial charge on any atom is -0.298 e. The fourth-order valence-electron chi connectivity index (χ4n) is 2.48. The van der Waals surface area contributed by atoms with Crippen molar-refractivity contribution in [3.05, 3.63) is 81.3 Å². The molecule has 0 fully saturated rings. The van der Waals surface area contributed by atoms with Crippen LogP contribution in [0.3, 0.4) is 0 Å². The summed E-state index contributed by atoms with van der Waals surface area (Å²) >= 11 is 7.61. The van der Waals surface area contributed by atoms with Crippen LogP contribution >= 0.6 is 22.9 Å². The second-order valence-electron chi connectivity index (χ2n) is 5.77. The molecule has 1 heterocycles. The number of rotatable bonds is 6. The van der Waals surface area contributed by atoms with E-state index in [-0.39, 0.29) is 5.91 Å². The van der Waals surface area contributed by atoms with Gasteiger partial charge in [-0.25, -0.2) is 4.98 Å². The molecule has 1 unspecified atom stereocenters. The van der Waals surface area contributed by atoms with Gasteiger partial charge in [-0.1, -0.05) is 41.9 Å². The summed E-state index contributed by atoms with van der Waals surface area (Å²) < 4.78 is 11.4. The number of carbonyl (C=O) groups excluding carboxylic acids is 1. The van der Waals surface area contributed by atoms with Crippen molar-refractivity contribution in [2.75, 3.05) is 11.6 Å². The third-order valence-electron chi connectivity index (χ3n) is 3.66. The van der Waals surface area contributed by atoms with Crippen molar-refractivity contribution in [3.8, 4) is 0 Å². The predicted octanol–water partition coefficient (Wildman–Crippen LogP) is 4.52. The van der Waals surface area contributed by atoms with Gasteiger partial charge in [-0.3, -0.25) is 14.3 Å². The zero-order valence-electron chi connectivity index (χ0n) is 14.1. The molecule has 0 aliphatic carbocycles. The number of halogens is 1. The Morgan fingerprint density at radius 2 is 2.04 bits per heavy atom. The predicted molar refractivity (Wildman–Crippen MR) is 109 cm³/mol. The zero-order chi connectivity index (χ0) is 18.5. The van der Waals surface area contributed by atoms with E-state index in [9.17, 15) is 9.00 Å². The summed E-state index contributed by atoms with van der Waals surface area (Å²) in [6.45, 7) is 0. The first kappa shape index (κ1) is 18.8. The van der Waals surface area contributed by atoms with Crippen molar-refractivity contribution in [2.24, 2.45) is 0 Å². The third-order valence-corrected chi connectivity index (χ3v) is 5.68. The molecule has 4 nitrogen and oxygen atoms in total. The fourth-order valence-corrected chi connectivity index (χ4v) is 4.16. The lowest BCUT2D eigenvalue weighted by molar-refractivity contribution is 0.102. The molecule has 26 heavy (non-hydrogen) atoms. The Labute approximate surface area is 163 Å². The quantitative estimate of drug-likeness (QED) is 0.657. The molecule has 1 aromatic heterocycles. The maximum absolute atomic E-state index is 12.4. The number of nitrogens with one attached hydrogen (secondary N) is 1. The van der Waals surface area contributed by atoms with Crippen molar-refractivity contribution >= 4 is 44.8 Å². The minimum atomic E-state index is -0.947. The lowest BCUT2D eigenvalue weighted by Gasteiger charge is -2.04. The van der Waals surface area contributed by atoms with E-state index >= 15 is 0 Å². The first-order chi connectivity index (χ1) is 12.5. The minimum absolute atomic E-state index is 0.229. The highest BCUT2D eigenvalue weighted by molar-refractivity contribution is 7.83. The van der Waals surface area contributed by atoms with Crippen LogP contribution in [0.4, 0.5) is 5.13 Å². The molecule has 1 amide bonds. The molecule has 0 spiro atoms. The van der Waals surface area contributed by atoms with Gasteiger partial charge in [0, 0.05) is 50.9 Å². The van der Waals surface area contributed by atoms with Crippen LogP contribution in [0.2, 0.25) is 5.02 Å². The Hall–Kier alpha value is -2.02. The molecular weight excluding hydrogens is 388 g/mol. The van der Waals surface area contributed by atoms with Gasteiger partial charge in [0.2, 0.25) is 0 Å². The number of hydrogen-bond acceptors (Lipinski definition) is 4. The summed E-state index contributed by atoms with van der Waals surface area (Å²) in [5, 5.41) is 4.08. The largest absolute Gasteiger partial charge is 0.298 e. The number of aromatic nitrogens is 1. The average molecular weight is 405 g/mol. The van der Waals surface area contributed by atoms with Crippen LogP contribution in [0, 0.1) is 0 Å². The Balaban J connectivity index is 1.68. The van der Waals surface area contributed by atoms with E-state index < -0.39 is 10.8 Å². The van der Waals surface area contributed by atoms with E-state index in [0.29, 0.717) is 22.9 Å². The molecule has 3 aromatic rings. The van der Waals surface area contributed by atoms with Crippen LogP contribution in [-0.2, 0) is 23.0 Å². The van der Waals surface area contributed by atoms with E-state index in [1.165, 1.54) is 11.3 Å². The maximum Gasteiger partial charge on any atom is 0.257 e. The van der Waals surface area contributed by atoms with Gasteiger partial charge < -0.3 is 0 Å². The molecule has 2 aromatic carbocycles. The van der Waals surface area contributed by atoms with Crippen molar-refractivity contribution in [1.82, 2.24) is 4.98 Å². The van der Waals surface area contributed by atoms with Crippen LogP contribution in [0.15, 0.2) is 54.7 Å². The highest BCUT2D eigenvalue weighted by Gasteiger charge is 2.11. The number of thiazole rings is 1. The van der Waals surface area contributed by atoms with Gasteiger partial charge in [0.25, 0.3) is 5.91 Å². The van der Waals surface area contributed by atoms with Gasteiger partial charge in [0.05, 0.1) is 0 Å². The summed E-state index contributed by atoms with van der Waals surface area (Å²) in [5.74, 6) is 0.202. The van der Waals surface area contributed by atoms with Crippen molar-refractivity contribution in [3.63, 3.8) is 0 Å². The highest BCUT2D eigenvalue weighted by atomic mass is 35.5. The SMILES string of the molecule is CS(=O)Cc1cccc(C(=O)Nc2ncc(Cc3ccccc3Cl)s2)c1. The number of hydrogen-bond donors (Lipinski definition) is 1. The maximum atomic E-state index is 12.4. The number of anilines is 1. The second-order valence-corrected chi connectivity index (χ2v) is 8.73. The van der Waals surface area contributed by atoms with Crippen LogP contribution in [0.1, 0.15) is 26.4 Å². The van der Waals surface area contributed by atoms with E-state index in [1.807, 2.05) is 30.3 Å². The summed E-state index contributed by atoms with van der Waals surface area (Å²) in [6.07, 6.45) is 4.06. The van der Waals surface area contributed by atoms with Crippen LogP contribution < -0.4 is 5.32 Å². The summed E-state index contributed by atoms with van der Waals surface area (Å²) in [4.78, 5) is 17.7. The van der Waals surface area contributed by atoms with Crippen molar-refractivity contribution in [1.29, 1.82) is 0 Å². The molecule has 7 heteroatoms. The monoisotopic (exact) mass is 404 g/mol. The standard InChI is InChI=1S/C19H17ClN2O2S2/c1-26(24)12-13-5-4-7-15(9-13)18(23)22-19-21-11-16(25-19)10-14-6-2-3-8-17(14)20/h2-9,11H,10,12H2,1H3,(H,21,22,23). The van der Waals surface area contributed by atoms with Gasteiger partial charge in [-0.05, 0) is 29.3 Å². The molecule has 0 bridgehead atoms. The fraction of sp³-hybridized carbons (Fsp3) is 0.158. The van der Waals surface area contributed by atoms with Crippen LogP contribution in [0.25, 0.3) is 0 Å². The molecular formula is C19H17ClN2O2S2. The molecule has 134 valence electrons. The zero-order valence-corrected chi connectivity index (χ0v) is 16.5. The highest BCUT2D eigenvalue weighted by Crippen LogP contribution is 2.25. The van der Waals surface area contributed by atoms with Crippen LogP contribution in [-0.4, -0.2) is 21.4 Å². The summed E-state index contributed by atoms with van der Waals surface area (Å²) in [7, 11) is -0.947. The Morgan fingerprint density at radius 1 is 1.23 bits per heavy atom. The van der Waals surface area contributed by atoms with Crippen molar-refractivity contribution < 1.29 is 9.00 Å². The normalized spacial score (nSPS) is 11.9. The summed E-state index contributed by atoms with van der Waals surface area (Å²) in [5.41, 5.74) is 2.42. The summed E-state index contributed by atoms with van der Waals surface area (Å²) in [6, 6.07) is 14.8. The van der Waals surface area contributed by atoms with Gasteiger partial charge in [-0.15, -0.1) is 11.3 Å². The molecule has 1 atom stereocenters. The topological polar surface area (TPSA) is 59.1 Å². The molecule has 0 radical (unpaired) electrons. The third kappa shape index (κ3) is 5.00. The average Bonchev–Trinajstić information content (AvgIpc) is 3.03. The smallest absolute Gasteiger partial charge is 0.257 e. The molecule has 0 saturated carbocycles. The lowest BCUT2D eigenvalue weighted by Crippen LogP contribution is -2.12. The second kappa shape index (κ2) is 8.58. The molecule has 1 N–H and O–H groups in total. The van der Waals surface area contributed by atoms with Crippen LogP contribution in [0.5, 0.6) is 0 Å². The first-order valence-corrected chi connectivity index (χ1v) is 10.8.